The maximum Gasteiger partial charge on any atom is 0.328 e. The topological polar surface area (TPSA) is 46.5 Å². The fraction of sp³-hybridized carbons (Fsp3) is 0.471. The van der Waals surface area contributed by atoms with Gasteiger partial charge in [0.1, 0.15) is 5.75 Å². The van der Waals surface area contributed by atoms with Crippen LogP contribution in [0.15, 0.2) is 35.9 Å². The predicted molar refractivity (Wildman–Crippen MR) is 79.1 cm³/mol. The monoisotopic (exact) mass is 274 g/mol. The molecule has 1 atom stereocenters. The number of allylic oxidation sites excluding steroid dienone is 1. The Morgan fingerprint density at radius 1 is 1.35 bits per heavy atom. The van der Waals surface area contributed by atoms with Crippen molar-refractivity contribution in [2.45, 2.75) is 51.6 Å². The summed E-state index contributed by atoms with van der Waals surface area (Å²) in [5.41, 5.74) is 2.33. The zero-order valence-electron chi connectivity index (χ0n) is 12.1. The van der Waals surface area contributed by atoms with Crippen LogP contribution in [0.25, 0.3) is 0 Å². The van der Waals surface area contributed by atoms with Crippen LogP contribution in [0, 0.1) is 0 Å². The van der Waals surface area contributed by atoms with E-state index in [4.69, 9.17) is 9.84 Å². The van der Waals surface area contributed by atoms with E-state index in [1.165, 1.54) is 11.6 Å². The van der Waals surface area contributed by atoms with E-state index in [9.17, 15) is 4.79 Å². The van der Waals surface area contributed by atoms with Crippen LogP contribution in [0.5, 0.6) is 5.75 Å². The van der Waals surface area contributed by atoms with E-state index in [-0.39, 0.29) is 6.10 Å². The van der Waals surface area contributed by atoms with Gasteiger partial charge in [0.05, 0.1) is 6.10 Å². The van der Waals surface area contributed by atoms with Crippen LogP contribution in [0.4, 0.5) is 0 Å². The van der Waals surface area contributed by atoms with Crippen molar-refractivity contribution in [1.29, 1.82) is 0 Å². The smallest absolute Gasteiger partial charge is 0.328 e. The summed E-state index contributed by atoms with van der Waals surface area (Å²) in [4.78, 5) is 10.8. The second-order valence-corrected chi connectivity index (χ2v) is 5.67. The predicted octanol–water partition coefficient (Wildman–Crippen LogP) is 4.14. The first-order chi connectivity index (χ1) is 9.54. The summed E-state index contributed by atoms with van der Waals surface area (Å²) in [6, 6.07) is 8.22. The van der Waals surface area contributed by atoms with Crippen molar-refractivity contribution < 1.29 is 14.6 Å². The van der Waals surface area contributed by atoms with Crippen LogP contribution in [-0.2, 0) is 4.79 Å². The number of aliphatic carboxylic acids is 1. The minimum absolute atomic E-state index is 0.181. The lowest BCUT2D eigenvalue weighted by molar-refractivity contribution is -0.131. The molecule has 2 rings (SSSR count). The van der Waals surface area contributed by atoms with Gasteiger partial charge in [-0.15, -0.1) is 0 Å². The molecular formula is C17H22O3. The van der Waals surface area contributed by atoms with E-state index in [0.717, 1.165) is 37.0 Å². The van der Waals surface area contributed by atoms with Crippen molar-refractivity contribution in [3.63, 3.8) is 0 Å². The van der Waals surface area contributed by atoms with Gasteiger partial charge in [0.25, 0.3) is 0 Å². The first-order valence-electron chi connectivity index (χ1n) is 7.23. The van der Waals surface area contributed by atoms with Gasteiger partial charge in [0.2, 0.25) is 0 Å². The Hall–Kier alpha value is -1.77. The molecule has 1 aromatic rings. The third-order valence-electron chi connectivity index (χ3n) is 3.61. The van der Waals surface area contributed by atoms with E-state index in [1.807, 2.05) is 26.0 Å². The van der Waals surface area contributed by atoms with E-state index >= 15 is 0 Å². The van der Waals surface area contributed by atoms with Gasteiger partial charge in [-0.2, -0.15) is 0 Å². The maximum absolute atomic E-state index is 10.8. The maximum atomic E-state index is 10.8. The summed E-state index contributed by atoms with van der Waals surface area (Å²) in [5.74, 6) is 0.490. The van der Waals surface area contributed by atoms with Gasteiger partial charge in [0.15, 0.2) is 0 Å². The van der Waals surface area contributed by atoms with Gasteiger partial charge in [-0.25, -0.2) is 4.79 Å². The number of rotatable bonds is 4. The number of hydrogen-bond acceptors (Lipinski definition) is 2. The first kappa shape index (κ1) is 14.6. The molecule has 0 aromatic heterocycles. The molecule has 0 spiro atoms. The Balaban J connectivity index is 2.05. The van der Waals surface area contributed by atoms with Crippen molar-refractivity contribution in [2.24, 2.45) is 0 Å². The molecule has 1 aliphatic rings. The molecule has 1 aliphatic carbocycles. The van der Waals surface area contributed by atoms with Gasteiger partial charge in [-0.3, -0.25) is 0 Å². The van der Waals surface area contributed by atoms with Gasteiger partial charge >= 0.3 is 5.97 Å². The van der Waals surface area contributed by atoms with Crippen LogP contribution in [-0.4, -0.2) is 17.2 Å². The number of hydrogen-bond donors (Lipinski definition) is 1. The number of ether oxygens (including phenoxy) is 1. The molecule has 1 N–H and O–H groups in total. The Labute approximate surface area is 120 Å². The minimum atomic E-state index is -0.832. The lowest BCUT2D eigenvalue weighted by Crippen LogP contribution is -2.09. The minimum Gasteiger partial charge on any atom is -0.491 e. The lowest BCUT2D eigenvalue weighted by Gasteiger charge is -2.24. The fourth-order valence-corrected chi connectivity index (χ4v) is 2.78. The Bertz CT molecular complexity index is 485. The standard InChI is InChI=1S/C17H22O3/c1-12(2)20-16-8-6-14(7-9-16)15-5-3-4-13(10-15)11-17(18)19/h6-9,11-12,15H,3-5,10H2,1-2H3,(H,18,19)/b13-11+/t15-/m1/s1. The summed E-state index contributed by atoms with van der Waals surface area (Å²) < 4.78 is 5.64. The molecule has 0 radical (unpaired) electrons. The molecule has 3 nitrogen and oxygen atoms in total. The number of carboxylic acids is 1. The Morgan fingerprint density at radius 3 is 2.65 bits per heavy atom. The summed E-state index contributed by atoms with van der Waals surface area (Å²) in [6.45, 7) is 4.02. The van der Waals surface area contributed by atoms with E-state index in [2.05, 4.69) is 12.1 Å². The molecule has 1 aromatic carbocycles. The van der Waals surface area contributed by atoms with Crippen LogP contribution in [0.1, 0.15) is 51.0 Å². The molecule has 0 bridgehead atoms. The van der Waals surface area contributed by atoms with Gasteiger partial charge in [-0.1, -0.05) is 17.7 Å². The normalized spacial score (nSPS) is 21.1. The quantitative estimate of drug-likeness (QED) is 0.839. The van der Waals surface area contributed by atoms with Crippen molar-refractivity contribution in [2.75, 3.05) is 0 Å². The summed E-state index contributed by atoms with van der Waals surface area (Å²) in [7, 11) is 0. The van der Waals surface area contributed by atoms with Gasteiger partial charge in [-0.05, 0) is 63.1 Å². The third-order valence-corrected chi connectivity index (χ3v) is 3.61. The second-order valence-electron chi connectivity index (χ2n) is 5.67. The highest BCUT2D eigenvalue weighted by molar-refractivity contribution is 5.80. The molecule has 1 saturated carbocycles. The van der Waals surface area contributed by atoms with Crippen molar-refractivity contribution in [1.82, 2.24) is 0 Å². The van der Waals surface area contributed by atoms with Crippen LogP contribution in [0.2, 0.25) is 0 Å². The lowest BCUT2D eigenvalue weighted by atomic mass is 9.81. The summed E-state index contributed by atoms with van der Waals surface area (Å²) in [5, 5.41) is 8.85. The SMILES string of the molecule is CC(C)Oc1ccc([C@@H]2CCC/C(=C\C(=O)O)C2)cc1. The van der Waals surface area contributed by atoms with Gasteiger partial charge < -0.3 is 9.84 Å². The highest BCUT2D eigenvalue weighted by Gasteiger charge is 2.19. The molecule has 20 heavy (non-hydrogen) atoms. The van der Waals surface area contributed by atoms with Crippen molar-refractivity contribution in [3.05, 3.63) is 41.5 Å². The number of carbonyl (C=O) groups is 1. The fourth-order valence-electron chi connectivity index (χ4n) is 2.78. The third kappa shape index (κ3) is 4.12. The van der Waals surface area contributed by atoms with Crippen LogP contribution < -0.4 is 4.74 Å². The largest absolute Gasteiger partial charge is 0.491 e. The average molecular weight is 274 g/mol. The number of carboxylic acid groups (broad SMARTS) is 1. The van der Waals surface area contributed by atoms with E-state index < -0.39 is 5.97 Å². The molecular weight excluding hydrogens is 252 g/mol. The van der Waals surface area contributed by atoms with Crippen LogP contribution >= 0.6 is 0 Å². The molecule has 1 fully saturated rings. The summed E-state index contributed by atoms with van der Waals surface area (Å²) in [6.07, 6.45) is 5.52. The summed E-state index contributed by atoms with van der Waals surface area (Å²) >= 11 is 0. The zero-order valence-corrected chi connectivity index (χ0v) is 12.1. The Morgan fingerprint density at radius 2 is 2.05 bits per heavy atom. The number of benzene rings is 1. The highest BCUT2D eigenvalue weighted by atomic mass is 16.5. The van der Waals surface area contributed by atoms with Crippen molar-refractivity contribution >= 4 is 5.97 Å². The average Bonchev–Trinajstić information content (AvgIpc) is 2.38. The first-order valence-corrected chi connectivity index (χ1v) is 7.23. The molecule has 0 amide bonds. The molecule has 0 heterocycles. The Kier molecular flexibility index (Phi) is 4.83. The van der Waals surface area contributed by atoms with Gasteiger partial charge in [0, 0.05) is 6.08 Å². The van der Waals surface area contributed by atoms with Crippen molar-refractivity contribution in [3.8, 4) is 5.75 Å². The zero-order chi connectivity index (χ0) is 14.5. The second kappa shape index (κ2) is 6.60. The highest BCUT2D eigenvalue weighted by Crippen LogP contribution is 2.36. The van der Waals surface area contributed by atoms with Crippen LogP contribution in [0.3, 0.4) is 0 Å². The van der Waals surface area contributed by atoms with E-state index in [1.54, 1.807) is 0 Å². The molecule has 0 unspecified atom stereocenters. The molecule has 108 valence electrons. The molecule has 0 saturated heterocycles. The molecule has 3 heteroatoms. The molecule has 0 aliphatic heterocycles. The van der Waals surface area contributed by atoms with E-state index in [0.29, 0.717) is 5.92 Å².